The Hall–Kier alpha value is -4.19. The summed E-state index contributed by atoms with van der Waals surface area (Å²) in [6.45, 7) is 6.31. The summed E-state index contributed by atoms with van der Waals surface area (Å²) in [5.74, 6) is -1.07. The van der Waals surface area contributed by atoms with E-state index in [1.165, 1.54) is 103 Å². The van der Waals surface area contributed by atoms with E-state index >= 15 is 0 Å². The first-order valence-corrected chi connectivity index (χ1v) is 29.0. The lowest BCUT2D eigenvalue weighted by molar-refractivity contribution is -0.166. The standard InChI is InChI=1S/C65H106O6/c1-4-7-10-13-16-19-22-25-28-29-30-31-32-33-34-35-38-40-43-46-49-52-55-58-64(67)70-61-62(71-65(68)59-56-53-50-47-44-41-37-27-24-21-18-15-12-9-6-3)60-69-63(66)57-54-51-48-45-42-39-36-26-23-20-17-14-11-8-5-2/h7,9-10,12,16,18-19,21,25-28,30-31,36-37,44,47,53,56,62H,4-6,8,11,13-15,17,20,22-24,29,32-35,38-43,45-46,48-52,54-55,57-61H2,1-3H3/b10-7-,12-9-,19-16-,21-18-,28-25-,31-30-,36-26-,37-27-,47-44-,56-53-. The van der Waals surface area contributed by atoms with Crippen LogP contribution in [0, 0.1) is 0 Å². The molecule has 1 atom stereocenters. The number of carbonyl (C=O) groups is 3. The van der Waals surface area contributed by atoms with Crippen molar-refractivity contribution in [2.45, 2.75) is 258 Å². The minimum atomic E-state index is -0.841. The Morgan fingerprint density at radius 1 is 0.310 bits per heavy atom. The Morgan fingerprint density at radius 3 is 0.944 bits per heavy atom. The number of hydrogen-bond acceptors (Lipinski definition) is 6. The molecular formula is C65H106O6. The van der Waals surface area contributed by atoms with Gasteiger partial charge in [-0.1, -0.05) is 245 Å². The minimum absolute atomic E-state index is 0.0908. The molecule has 6 nitrogen and oxygen atoms in total. The van der Waals surface area contributed by atoms with E-state index in [1.807, 2.05) is 6.08 Å². The molecular weight excluding hydrogens is 877 g/mol. The van der Waals surface area contributed by atoms with Crippen LogP contribution in [0.5, 0.6) is 0 Å². The van der Waals surface area contributed by atoms with Crippen molar-refractivity contribution in [2.24, 2.45) is 0 Å². The molecule has 0 aromatic heterocycles. The molecule has 0 aliphatic heterocycles. The highest BCUT2D eigenvalue weighted by molar-refractivity contribution is 5.72. The van der Waals surface area contributed by atoms with Gasteiger partial charge in [-0.25, -0.2) is 0 Å². The third-order valence-electron chi connectivity index (χ3n) is 12.0. The summed E-state index contributed by atoms with van der Waals surface area (Å²) in [4.78, 5) is 38.1. The van der Waals surface area contributed by atoms with Crippen LogP contribution < -0.4 is 0 Å². The summed E-state index contributed by atoms with van der Waals surface area (Å²) >= 11 is 0. The van der Waals surface area contributed by atoms with Crippen LogP contribution in [0.25, 0.3) is 0 Å². The molecule has 0 aliphatic carbocycles. The van der Waals surface area contributed by atoms with Crippen LogP contribution in [0.15, 0.2) is 122 Å². The van der Waals surface area contributed by atoms with E-state index in [1.54, 1.807) is 6.08 Å². The monoisotopic (exact) mass is 983 g/mol. The summed E-state index contributed by atoms with van der Waals surface area (Å²) in [5, 5.41) is 0. The van der Waals surface area contributed by atoms with Crippen molar-refractivity contribution in [1.82, 2.24) is 0 Å². The molecule has 0 saturated carbocycles. The molecule has 0 saturated heterocycles. The van der Waals surface area contributed by atoms with Crippen molar-refractivity contribution < 1.29 is 28.6 Å². The lowest BCUT2D eigenvalue weighted by Crippen LogP contribution is -2.30. The molecule has 0 spiro atoms. The van der Waals surface area contributed by atoms with Crippen LogP contribution in [0.3, 0.4) is 0 Å². The highest BCUT2D eigenvalue weighted by Crippen LogP contribution is 2.14. The van der Waals surface area contributed by atoms with Crippen molar-refractivity contribution >= 4 is 17.9 Å². The van der Waals surface area contributed by atoms with Crippen molar-refractivity contribution in [1.29, 1.82) is 0 Å². The number of hydrogen-bond donors (Lipinski definition) is 0. The average molecular weight is 984 g/mol. The molecule has 0 fully saturated rings. The Bertz CT molecular complexity index is 1500. The van der Waals surface area contributed by atoms with Gasteiger partial charge in [0.05, 0.1) is 6.42 Å². The highest BCUT2D eigenvalue weighted by atomic mass is 16.6. The summed E-state index contributed by atoms with van der Waals surface area (Å²) in [5.41, 5.74) is 0. The zero-order chi connectivity index (χ0) is 51.4. The number of unbranched alkanes of at least 4 members (excludes halogenated alkanes) is 21. The minimum Gasteiger partial charge on any atom is -0.462 e. The highest BCUT2D eigenvalue weighted by Gasteiger charge is 2.19. The molecule has 0 N–H and O–H groups in total. The van der Waals surface area contributed by atoms with E-state index in [0.717, 1.165) is 103 Å². The third kappa shape index (κ3) is 56.6. The second-order valence-electron chi connectivity index (χ2n) is 18.8. The van der Waals surface area contributed by atoms with Gasteiger partial charge in [0, 0.05) is 12.8 Å². The molecule has 1 unspecified atom stereocenters. The number of ether oxygens (including phenoxy) is 3. The quantitative estimate of drug-likeness (QED) is 0.0261. The van der Waals surface area contributed by atoms with Gasteiger partial charge in [0.1, 0.15) is 13.2 Å². The van der Waals surface area contributed by atoms with Crippen LogP contribution in [-0.4, -0.2) is 37.2 Å². The number of carbonyl (C=O) groups excluding carboxylic acids is 3. The predicted octanol–water partition coefficient (Wildman–Crippen LogP) is 19.6. The molecule has 0 bridgehead atoms. The maximum atomic E-state index is 12.8. The van der Waals surface area contributed by atoms with Crippen molar-refractivity contribution in [3.05, 3.63) is 122 Å². The van der Waals surface area contributed by atoms with Crippen molar-refractivity contribution in [2.75, 3.05) is 13.2 Å². The molecule has 0 heterocycles. The summed E-state index contributed by atoms with van der Waals surface area (Å²) < 4.78 is 16.7. The topological polar surface area (TPSA) is 78.9 Å². The Labute approximate surface area is 437 Å². The maximum absolute atomic E-state index is 12.8. The van der Waals surface area contributed by atoms with Gasteiger partial charge in [-0.05, 0) is 109 Å². The van der Waals surface area contributed by atoms with Gasteiger partial charge in [0.2, 0.25) is 0 Å². The first-order chi connectivity index (χ1) is 35.0. The van der Waals surface area contributed by atoms with Crippen LogP contribution in [-0.2, 0) is 28.6 Å². The molecule has 71 heavy (non-hydrogen) atoms. The van der Waals surface area contributed by atoms with Gasteiger partial charge in [0.15, 0.2) is 6.10 Å². The van der Waals surface area contributed by atoms with E-state index in [4.69, 9.17) is 14.2 Å². The normalized spacial score (nSPS) is 13.0. The van der Waals surface area contributed by atoms with Gasteiger partial charge < -0.3 is 14.2 Å². The second kappa shape index (κ2) is 58.4. The summed E-state index contributed by atoms with van der Waals surface area (Å²) in [6.07, 6.45) is 80.7. The smallest absolute Gasteiger partial charge is 0.310 e. The third-order valence-corrected chi connectivity index (χ3v) is 12.0. The largest absolute Gasteiger partial charge is 0.462 e. The molecule has 0 aromatic rings. The fraction of sp³-hybridized carbons (Fsp3) is 0.646. The number of esters is 3. The SMILES string of the molecule is CC/C=C\C/C=C\C/C=C\C/C=C\C/C=C\CC(=O)OC(COC(=O)CCCCCCC/C=C\CCCCCCCC)COC(=O)CCCCCCCCCCCC/C=C\C/C=C\C/C=C\C/C=C\CC. The van der Waals surface area contributed by atoms with E-state index in [0.29, 0.717) is 19.3 Å². The molecule has 0 radical (unpaired) electrons. The van der Waals surface area contributed by atoms with Crippen LogP contribution in [0.1, 0.15) is 252 Å². The van der Waals surface area contributed by atoms with E-state index in [2.05, 4.69) is 130 Å². The molecule has 6 heteroatoms. The van der Waals surface area contributed by atoms with Gasteiger partial charge in [0.25, 0.3) is 0 Å². The molecule has 402 valence electrons. The van der Waals surface area contributed by atoms with E-state index in [-0.39, 0.29) is 31.6 Å². The second-order valence-corrected chi connectivity index (χ2v) is 18.8. The lowest BCUT2D eigenvalue weighted by atomic mass is 10.1. The van der Waals surface area contributed by atoms with Gasteiger partial charge >= 0.3 is 17.9 Å². The molecule has 0 aromatic carbocycles. The fourth-order valence-corrected chi connectivity index (χ4v) is 7.68. The zero-order valence-electron chi connectivity index (χ0n) is 45.9. The van der Waals surface area contributed by atoms with Crippen molar-refractivity contribution in [3.8, 4) is 0 Å². The van der Waals surface area contributed by atoms with Gasteiger partial charge in [-0.3, -0.25) is 14.4 Å². The van der Waals surface area contributed by atoms with Crippen LogP contribution in [0.2, 0.25) is 0 Å². The maximum Gasteiger partial charge on any atom is 0.310 e. The Balaban J connectivity index is 4.45. The summed E-state index contributed by atoms with van der Waals surface area (Å²) in [6, 6.07) is 0. The lowest BCUT2D eigenvalue weighted by Gasteiger charge is -2.18. The fourth-order valence-electron chi connectivity index (χ4n) is 7.68. The average Bonchev–Trinajstić information content (AvgIpc) is 3.37. The van der Waals surface area contributed by atoms with Crippen LogP contribution in [0.4, 0.5) is 0 Å². The summed E-state index contributed by atoms with van der Waals surface area (Å²) in [7, 11) is 0. The first-order valence-electron chi connectivity index (χ1n) is 29.0. The van der Waals surface area contributed by atoms with E-state index < -0.39 is 12.1 Å². The predicted molar refractivity (Wildman–Crippen MR) is 306 cm³/mol. The van der Waals surface area contributed by atoms with Gasteiger partial charge in [-0.15, -0.1) is 0 Å². The number of rotatable bonds is 51. The van der Waals surface area contributed by atoms with Crippen molar-refractivity contribution in [3.63, 3.8) is 0 Å². The molecule has 0 rings (SSSR count). The Kier molecular flexibility index (Phi) is 54.9. The number of allylic oxidation sites excluding steroid dienone is 19. The zero-order valence-corrected chi connectivity index (χ0v) is 45.9. The van der Waals surface area contributed by atoms with E-state index in [9.17, 15) is 14.4 Å². The molecule has 0 aliphatic rings. The molecule has 0 amide bonds. The van der Waals surface area contributed by atoms with Gasteiger partial charge in [-0.2, -0.15) is 0 Å². The Morgan fingerprint density at radius 2 is 0.592 bits per heavy atom. The van der Waals surface area contributed by atoms with Crippen LogP contribution >= 0.6 is 0 Å². The first kappa shape index (κ1) is 66.8.